The number of hydrogen-bond donors (Lipinski definition) is 0. The van der Waals surface area contributed by atoms with Gasteiger partial charge in [-0.2, -0.15) is 0 Å². The molecule has 1 saturated carbocycles. The summed E-state index contributed by atoms with van der Waals surface area (Å²) in [7, 11) is 0. The minimum absolute atomic E-state index is 1.25. The zero-order valence-corrected chi connectivity index (χ0v) is 20.4. The van der Waals surface area contributed by atoms with Crippen LogP contribution in [-0.4, -0.2) is 18.4 Å². The van der Waals surface area contributed by atoms with Crippen LogP contribution < -0.4 is 0 Å². The van der Waals surface area contributed by atoms with Crippen molar-refractivity contribution in [3.05, 3.63) is 0 Å². The second-order valence-corrected chi connectivity index (χ2v) is 23.2. The first-order valence-electron chi connectivity index (χ1n) is 11.8. The van der Waals surface area contributed by atoms with Crippen LogP contribution in [0.5, 0.6) is 0 Å². The van der Waals surface area contributed by atoms with Gasteiger partial charge in [-0.05, 0) is 0 Å². The van der Waals surface area contributed by atoms with Crippen LogP contribution in [0.1, 0.15) is 124 Å². The van der Waals surface area contributed by atoms with Crippen LogP contribution in [0.15, 0.2) is 0 Å². The molecule has 0 aromatic heterocycles. The van der Waals surface area contributed by atoms with E-state index in [1.54, 1.807) is 58.3 Å². The zero-order chi connectivity index (χ0) is 17.5. The van der Waals surface area contributed by atoms with Crippen LogP contribution in [0.2, 0.25) is 17.2 Å². The van der Waals surface area contributed by atoms with E-state index in [0.29, 0.717) is 0 Å². The Kier molecular flexibility index (Phi) is 14.2. The fourth-order valence-corrected chi connectivity index (χ4v) is 23.7. The molecular formula is C23H48Sn. The molecular weight excluding hydrogens is 395 g/mol. The van der Waals surface area contributed by atoms with Crippen molar-refractivity contribution in [2.24, 2.45) is 0 Å². The van der Waals surface area contributed by atoms with Gasteiger partial charge in [-0.3, -0.25) is 0 Å². The molecule has 0 radical (unpaired) electrons. The molecule has 0 saturated heterocycles. The van der Waals surface area contributed by atoms with Gasteiger partial charge in [0.2, 0.25) is 0 Å². The predicted molar refractivity (Wildman–Crippen MR) is 115 cm³/mol. The number of rotatable bonds is 13. The molecule has 0 N–H and O–H groups in total. The van der Waals surface area contributed by atoms with Crippen LogP contribution in [-0.2, 0) is 0 Å². The van der Waals surface area contributed by atoms with Crippen molar-refractivity contribution in [2.75, 3.05) is 0 Å². The standard InChI is InChI=1S/C8H15.3C5H11.Sn/c1-2-4-6-8-7-5-3-1;3*1-3-5-4-2;/h1H,2-8H2;3*1,3-5H2,2H3;. The quantitative estimate of drug-likeness (QED) is 0.197. The van der Waals surface area contributed by atoms with Crippen LogP contribution in [0, 0.1) is 0 Å². The molecule has 144 valence electrons. The molecule has 0 bridgehead atoms. The van der Waals surface area contributed by atoms with Gasteiger partial charge >= 0.3 is 159 Å². The van der Waals surface area contributed by atoms with Crippen LogP contribution >= 0.6 is 0 Å². The molecule has 1 fully saturated rings. The van der Waals surface area contributed by atoms with Gasteiger partial charge in [0.25, 0.3) is 0 Å². The van der Waals surface area contributed by atoms with Crippen molar-refractivity contribution in [1.29, 1.82) is 0 Å². The van der Waals surface area contributed by atoms with Gasteiger partial charge in [0.05, 0.1) is 0 Å². The summed E-state index contributed by atoms with van der Waals surface area (Å²) in [6.07, 6.45) is 24.5. The maximum absolute atomic E-state index is 2.39. The first kappa shape index (κ1) is 22.8. The predicted octanol–water partition coefficient (Wildman–Crippen LogP) is 9.12. The minimum atomic E-state index is -1.97. The van der Waals surface area contributed by atoms with Gasteiger partial charge in [-0.15, -0.1) is 0 Å². The molecule has 1 aliphatic rings. The van der Waals surface area contributed by atoms with Crippen LogP contribution in [0.4, 0.5) is 0 Å². The summed E-state index contributed by atoms with van der Waals surface area (Å²) in [5.74, 6) is 0. The summed E-state index contributed by atoms with van der Waals surface area (Å²) in [6, 6.07) is 0. The van der Waals surface area contributed by atoms with E-state index in [4.69, 9.17) is 0 Å². The molecule has 0 aromatic rings. The number of unbranched alkanes of at least 4 members (excludes halogenated alkanes) is 6. The SMILES string of the molecule is CCCC[CH2][Sn]([CH2]CCCC)([CH2]CCCC)[CH]1CCCCCCC1. The summed E-state index contributed by atoms with van der Waals surface area (Å²) in [6.45, 7) is 7.17. The molecule has 0 aromatic carbocycles. The van der Waals surface area contributed by atoms with E-state index in [-0.39, 0.29) is 0 Å². The van der Waals surface area contributed by atoms with Gasteiger partial charge in [0.1, 0.15) is 0 Å². The summed E-state index contributed by atoms with van der Waals surface area (Å²) in [5, 5.41) is 0. The molecule has 1 aliphatic carbocycles. The molecule has 0 spiro atoms. The monoisotopic (exact) mass is 444 g/mol. The van der Waals surface area contributed by atoms with Gasteiger partial charge < -0.3 is 0 Å². The van der Waals surface area contributed by atoms with Gasteiger partial charge in [-0.25, -0.2) is 0 Å². The molecule has 1 rings (SSSR count). The summed E-state index contributed by atoms with van der Waals surface area (Å²) >= 11 is -1.97. The second-order valence-electron chi connectivity index (χ2n) is 8.78. The van der Waals surface area contributed by atoms with E-state index >= 15 is 0 Å². The first-order valence-corrected chi connectivity index (χ1v) is 19.5. The Morgan fingerprint density at radius 1 is 0.542 bits per heavy atom. The van der Waals surface area contributed by atoms with Crippen molar-refractivity contribution in [2.45, 2.75) is 141 Å². The number of hydrogen-bond acceptors (Lipinski definition) is 0. The molecule has 24 heavy (non-hydrogen) atoms. The third-order valence-electron chi connectivity index (χ3n) is 6.81. The van der Waals surface area contributed by atoms with E-state index in [1.807, 2.05) is 0 Å². The van der Waals surface area contributed by atoms with E-state index in [9.17, 15) is 0 Å². The molecule has 0 amide bonds. The molecule has 0 atom stereocenters. The molecule has 0 heterocycles. The van der Waals surface area contributed by atoms with Crippen molar-refractivity contribution in [3.8, 4) is 0 Å². The molecule has 1 heteroatoms. The average Bonchev–Trinajstić information content (AvgIpc) is 2.55. The van der Waals surface area contributed by atoms with Gasteiger partial charge in [-0.1, -0.05) is 0 Å². The Balaban J connectivity index is 2.81. The molecule has 0 nitrogen and oxygen atoms in total. The topological polar surface area (TPSA) is 0 Å². The Hall–Kier alpha value is 0.799. The molecule has 0 unspecified atom stereocenters. The normalized spacial score (nSPS) is 17.6. The summed E-state index contributed by atoms with van der Waals surface area (Å²) in [5.41, 5.74) is 0. The van der Waals surface area contributed by atoms with E-state index in [2.05, 4.69) is 20.8 Å². The van der Waals surface area contributed by atoms with Crippen LogP contribution in [0.3, 0.4) is 0 Å². The zero-order valence-electron chi connectivity index (χ0n) is 17.5. The van der Waals surface area contributed by atoms with E-state index in [0.717, 1.165) is 0 Å². The fourth-order valence-electron chi connectivity index (χ4n) is 5.24. The van der Waals surface area contributed by atoms with Crippen molar-refractivity contribution in [1.82, 2.24) is 0 Å². The first-order chi connectivity index (χ1) is 11.8. The fraction of sp³-hybridized carbons (Fsp3) is 1.00. The summed E-state index contributed by atoms with van der Waals surface area (Å²) in [4.78, 5) is 0. The summed E-state index contributed by atoms with van der Waals surface area (Å²) < 4.78 is 6.51. The van der Waals surface area contributed by atoms with Crippen molar-refractivity contribution in [3.63, 3.8) is 0 Å². The maximum atomic E-state index is 2.39. The van der Waals surface area contributed by atoms with Gasteiger partial charge in [0, 0.05) is 0 Å². The third-order valence-corrected chi connectivity index (χ3v) is 25.0. The average molecular weight is 443 g/mol. The Morgan fingerprint density at radius 3 is 1.29 bits per heavy atom. The Labute approximate surface area is 158 Å². The van der Waals surface area contributed by atoms with Crippen molar-refractivity contribution >= 4 is 18.4 Å². The van der Waals surface area contributed by atoms with Crippen LogP contribution in [0.25, 0.3) is 0 Å². The third kappa shape index (κ3) is 8.95. The van der Waals surface area contributed by atoms with Gasteiger partial charge in [0.15, 0.2) is 0 Å². The Bertz CT molecular complexity index is 239. The van der Waals surface area contributed by atoms with E-state index in [1.165, 1.54) is 61.7 Å². The second kappa shape index (κ2) is 14.9. The molecule has 0 aliphatic heterocycles. The van der Waals surface area contributed by atoms with E-state index < -0.39 is 18.4 Å². The van der Waals surface area contributed by atoms with Crippen molar-refractivity contribution < 1.29 is 0 Å². The Morgan fingerprint density at radius 2 is 0.917 bits per heavy atom.